The topological polar surface area (TPSA) is 58.2 Å². The molecule has 0 radical (unpaired) electrons. The van der Waals surface area contributed by atoms with Gasteiger partial charge in [0, 0.05) is 25.4 Å². The van der Waals surface area contributed by atoms with Crippen LogP contribution in [0.2, 0.25) is 0 Å². The number of hydrogen-bond acceptors (Lipinski definition) is 3. The molecule has 0 aliphatic heterocycles. The van der Waals surface area contributed by atoms with Gasteiger partial charge in [-0.2, -0.15) is 0 Å². The first kappa shape index (κ1) is 17.2. The van der Waals surface area contributed by atoms with Crippen LogP contribution >= 0.6 is 11.3 Å². The van der Waals surface area contributed by atoms with Crippen molar-refractivity contribution < 1.29 is 9.59 Å². The van der Waals surface area contributed by atoms with E-state index < -0.39 is 0 Å². The first-order valence-corrected chi connectivity index (χ1v) is 8.72. The van der Waals surface area contributed by atoms with E-state index in [2.05, 4.69) is 29.7 Å². The van der Waals surface area contributed by atoms with E-state index in [0.717, 1.165) is 6.42 Å². The standard InChI is InChI=1S/C18H22N2O2S/c1-2-14(15-7-4-3-5-8-15)13-20-17(21)10-11-19-18(22)16-9-6-12-23-16/h3-9,12,14H,2,10-11,13H2,1H3,(H,19,22)(H,20,21)/t14-/m0/s1. The smallest absolute Gasteiger partial charge is 0.261 e. The summed E-state index contributed by atoms with van der Waals surface area (Å²) in [5.41, 5.74) is 1.24. The highest BCUT2D eigenvalue weighted by Gasteiger charge is 2.11. The molecule has 0 aliphatic rings. The van der Waals surface area contributed by atoms with Crippen molar-refractivity contribution in [1.82, 2.24) is 10.6 Å². The minimum Gasteiger partial charge on any atom is -0.355 e. The highest BCUT2D eigenvalue weighted by molar-refractivity contribution is 7.12. The predicted molar refractivity (Wildman–Crippen MR) is 93.8 cm³/mol. The molecule has 2 rings (SSSR count). The van der Waals surface area contributed by atoms with Crippen LogP contribution in [0.25, 0.3) is 0 Å². The van der Waals surface area contributed by atoms with Gasteiger partial charge in [0.15, 0.2) is 0 Å². The van der Waals surface area contributed by atoms with Crippen molar-refractivity contribution in [2.45, 2.75) is 25.7 Å². The number of rotatable bonds is 8. The maximum atomic E-state index is 11.9. The number of amides is 2. The molecule has 2 amide bonds. The van der Waals surface area contributed by atoms with Crippen LogP contribution in [-0.4, -0.2) is 24.9 Å². The first-order valence-electron chi connectivity index (χ1n) is 7.84. The SMILES string of the molecule is CC[C@@H](CNC(=O)CCNC(=O)c1cccs1)c1ccccc1. The van der Waals surface area contributed by atoms with E-state index in [4.69, 9.17) is 0 Å². The van der Waals surface area contributed by atoms with Gasteiger partial charge in [0.2, 0.25) is 5.91 Å². The summed E-state index contributed by atoms with van der Waals surface area (Å²) in [5.74, 6) is 0.162. The van der Waals surface area contributed by atoms with E-state index in [1.54, 1.807) is 6.07 Å². The molecule has 122 valence electrons. The molecule has 0 aliphatic carbocycles. The normalized spacial score (nSPS) is 11.7. The summed E-state index contributed by atoms with van der Waals surface area (Å²) in [4.78, 5) is 24.3. The molecule has 0 bridgehead atoms. The largest absolute Gasteiger partial charge is 0.355 e. The average Bonchev–Trinajstić information content (AvgIpc) is 3.11. The maximum Gasteiger partial charge on any atom is 0.261 e. The molecule has 2 N–H and O–H groups in total. The van der Waals surface area contributed by atoms with Crippen molar-refractivity contribution in [3.63, 3.8) is 0 Å². The molecular weight excluding hydrogens is 308 g/mol. The molecule has 1 aromatic carbocycles. The molecule has 1 heterocycles. The van der Waals surface area contributed by atoms with Gasteiger partial charge in [0.25, 0.3) is 5.91 Å². The summed E-state index contributed by atoms with van der Waals surface area (Å²) in [6, 6.07) is 13.8. The zero-order valence-electron chi connectivity index (χ0n) is 13.2. The monoisotopic (exact) mass is 330 g/mol. The molecule has 2 aromatic rings. The number of carbonyl (C=O) groups is 2. The highest BCUT2D eigenvalue weighted by atomic mass is 32.1. The van der Waals surface area contributed by atoms with Gasteiger partial charge in [-0.3, -0.25) is 9.59 Å². The van der Waals surface area contributed by atoms with Crippen LogP contribution in [0, 0.1) is 0 Å². The molecule has 0 spiro atoms. The van der Waals surface area contributed by atoms with Gasteiger partial charge in [-0.25, -0.2) is 0 Å². The van der Waals surface area contributed by atoms with Crippen LogP contribution in [0.15, 0.2) is 47.8 Å². The molecule has 0 unspecified atom stereocenters. The first-order chi connectivity index (χ1) is 11.2. The Kier molecular flexibility index (Phi) is 6.81. The second-order valence-electron chi connectivity index (χ2n) is 5.30. The van der Waals surface area contributed by atoms with E-state index in [1.807, 2.05) is 29.6 Å². The van der Waals surface area contributed by atoms with Crippen LogP contribution in [0.4, 0.5) is 0 Å². The summed E-state index contributed by atoms with van der Waals surface area (Å²) >= 11 is 1.39. The summed E-state index contributed by atoms with van der Waals surface area (Å²) in [5, 5.41) is 7.57. The van der Waals surface area contributed by atoms with Gasteiger partial charge in [0.05, 0.1) is 4.88 Å². The Morgan fingerprint density at radius 3 is 2.52 bits per heavy atom. The van der Waals surface area contributed by atoms with E-state index >= 15 is 0 Å². The highest BCUT2D eigenvalue weighted by Crippen LogP contribution is 2.17. The van der Waals surface area contributed by atoms with Crippen LogP contribution in [0.3, 0.4) is 0 Å². The third-order valence-electron chi connectivity index (χ3n) is 3.69. The lowest BCUT2D eigenvalue weighted by molar-refractivity contribution is -0.121. The van der Waals surface area contributed by atoms with Crippen molar-refractivity contribution >= 4 is 23.2 Å². The Balaban J connectivity index is 1.69. The van der Waals surface area contributed by atoms with Crippen LogP contribution < -0.4 is 10.6 Å². The number of benzene rings is 1. The lowest BCUT2D eigenvalue weighted by Crippen LogP contribution is -2.32. The van der Waals surface area contributed by atoms with Gasteiger partial charge < -0.3 is 10.6 Å². The second-order valence-corrected chi connectivity index (χ2v) is 6.25. The fourth-order valence-corrected chi connectivity index (χ4v) is 2.97. The molecule has 1 atom stereocenters. The fourth-order valence-electron chi connectivity index (χ4n) is 2.33. The molecule has 23 heavy (non-hydrogen) atoms. The van der Waals surface area contributed by atoms with Crippen LogP contribution in [0.1, 0.15) is 40.9 Å². The molecule has 5 heteroatoms. The Morgan fingerprint density at radius 2 is 1.87 bits per heavy atom. The Labute approximate surface area is 140 Å². The summed E-state index contributed by atoms with van der Waals surface area (Å²) < 4.78 is 0. The van der Waals surface area contributed by atoms with Crippen molar-refractivity contribution in [2.24, 2.45) is 0 Å². The lowest BCUT2D eigenvalue weighted by atomic mass is 9.96. The molecule has 0 saturated carbocycles. The number of thiophene rings is 1. The Hall–Kier alpha value is -2.14. The predicted octanol–water partition coefficient (Wildman–Crippen LogP) is 3.18. The second kappa shape index (κ2) is 9.10. The summed E-state index contributed by atoms with van der Waals surface area (Å²) in [6.07, 6.45) is 1.27. The molecule has 1 aromatic heterocycles. The van der Waals surface area contributed by atoms with Gasteiger partial charge in [-0.15, -0.1) is 11.3 Å². The maximum absolute atomic E-state index is 11.9. The fraction of sp³-hybridized carbons (Fsp3) is 0.333. The average molecular weight is 330 g/mol. The van der Waals surface area contributed by atoms with Crippen molar-refractivity contribution in [1.29, 1.82) is 0 Å². The van der Waals surface area contributed by atoms with Gasteiger partial charge in [-0.1, -0.05) is 43.3 Å². The zero-order valence-corrected chi connectivity index (χ0v) is 14.1. The number of hydrogen-bond donors (Lipinski definition) is 2. The lowest BCUT2D eigenvalue weighted by Gasteiger charge is -2.16. The third kappa shape index (κ3) is 5.53. The third-order valence-corrected chi connectivity index (χ3v) is 4.56. The van der Waals surface area contributed by atoms with Gasteiger partial charge >= 0.3 is 0 Å². The zero-order chi connectivity index (χ0) is 16.5. The molecule has 0 saturated heterocycles. The van der Waals surface area contributed by atoms with E-state index in [0.29, 0.717) is 30.3 Å². The molecule has 4 nitrogen and oxygen atoms in total. The summed E-state index contributed by atoms with van der Waals surface area (Å²) in [7, 11) is 0. The quantitative estimate of drug-likeness (QED) is 0.781. The van der Waals surface area contributed by atoms with Gasteiger partial charge in [0.1, 0.15) is 0 Å². The van der Waals surface area contributed by atoms with Crippen molar-refractivity contribution in [3.8, 4) is 0 Å². The Morgan fingerprint density at radius 1 is 1.09 bits per heavy atom. The van der Waals surface area contributed by atoms with Crippen LogP contribution in [0.5, 0.6) is 0 Å². The van der Waals surface area contributed by atoms with Crippen molar-refractivity contribution in [2.75, 3.05) is 13.1 Å². The minimum atomic E-state index is -0.122. The van der Waals surface area contributed by atoms with E-state index in [1.165, 1.54) is 16.9 Å². The minimum absolute atomic E-state index is 0.0362. The van der Waals surface area contributed by atoms with Crippen LogP contribution in [-0.2, 0) is 4.79 Å². The van der Waals surface area contributed by atoms with E-state index in [-0.39, 0.29) is 11.8 Å². The van der Waals surface area contributed by atoms with E-state index in [9.17, 15) is 9.59 Å². The number of nitrogens with one attached hydrogen (secondary N) is 2. The molecular formula is C18H22N2O2S. The van der Waals surface area contributed by atoms with Gasteiger partial charge in [-0.05, 0) is 23.4 Å². The van der Waals surface area contributed by atoms with Crippen molar-refractivity contribution in [3.05, 3.63) is 58.3 Å². The number of carbonyl (C=O) groups excluding carboxylic acids is 2. The Bertz CT molecular complexity index is 611. The molecule has 0 fully saturated rings. The summed E-state index contributed by atoms with van der Waals surface area (Å²) in [6.45, 7) is 3.09.